The molecule has 1 heterocycles. The molecular formula is C12H8FN3O5. The molecule has 108 valence electrons. The summed E-state index contributed by atoms with van der Waals surface area (Å²) in [6.07, 6.45) is 0. The van der Waals surface area contributed by atoms with E-state index in [0.717, 1.165) is 18.2 Å². The number of benzene rings is 1. The number of nitro groups is 1. The summed E-state index contributed by atoms with van der Waals surface area (Å²) in [6.45, 7) is 0. The molecule has 9 heteroatoms. The van der Waals surface area contributed by atoms with Gasteiger partial charge in [-0.2, -0.15) is 0 Å². The maximum absolute atomic E-state index is 13.5. The van der Waals surface area contributed by atoms with Crippen molar-refractivity contribution in [1.29, 1.82) is 0 Å². The standard InChI is InChI=1S/C12H8FN3O5/c13-7-2-5(1-6(3-7)11(14)17)8-4-9(16(19)20)21-10(8)12(15)18/h1-4H,(H2,14,17)(H2,15,18). The second-order valence-corrected chi connectivity index (χ2v) is 4.04. The summed E-state index contributed by atoms with van der Waals surface area (Å²) in [4.78, 5) is 32.2. The number of rotatable bonds is 4. The van der Waals surface area contributed by atoms with Crippen LogP contribution in [0.25, 0.3) is 11.1 Å². The average Bonchev–Trinajstić information content (AvgIpc) is 2.83. The molecule has 8 nitrogen and oxygen atoms in total. The van der Waals surface area contributed by atoms with Crippen LogP contribution >= 0.6 is 0 Å². The lowest BCUT2D eigenvalue weighted by atomic mass is 10.0. The molecule has 0 spiro atoms. The number of carbonyl (C=O) groups excluding carboxylic acids is 2. The van der Waals surface area contributed by atoms with Crippen molar-refractivity contribution in [3.63, 3.8) is 0 Å². The van der Waals surface area contributed by atoms with Gasteiger partial charge in [-0.05, 0) is 23.8 Å². The first-order chi connectivity index (χ1) is 9.79. The monoisotopic (exact) mass is 293 g/mol. The SMILES string of the molecule is NC(=O)c1cc(F)cc(-c2cc([N+](=O)[O-])oc2C(N)=O)c1. The number of amides is 2. The third-order valence-electron chi connectivity index (χ3n) is 2.62. The summed E-state index contributed by atoms with van der Waals surface area (Å²) < 4.78 is 18.2. The van der Waals surface area contributed by atoms with E-state index in [4.69, 9.17) is 15.9 Å². The van der Waals surface area contributed by atoms with Crippen LogP contribution in [0.4, 0.5) is 10.3 Å². The van der Waals surface area contributed by atoms with Gasteiger partial charge in [0.25, 0.3) is 5.91 Å². The molecule has 0 atom stereocenters. The summed E-state index contributed by atoms with van der Waals surface area (Å²) in [6, 6.07) is 3.95. The zero-order chi connectivity index (χ0) is 15.7. The summed E-state index contributed by atoms with van der Waals surface area (Å²) >= 11 is 0. The Morgan fingerprint density at radius 2 is 1.81 bits per heavy atom. The molecule has 0 aliphatic heterocycles. The van der Waals surface area contributed by atoms with E-state index in [9.17, 15) is 24.1 Å². The maximum Gasteiger partial charge on any atom is 0.434 e. The van der Waals surface area contributed by atoms with E-state index >= 15 is 0 Å². The van der Waals surface area contributed by atoms with E-state index < -0.39 is 34.2 Å². The maximum atomic E-state index is 13.5. The predicted molar refractivity (Wildman–Crippen MR) is 67.8 cm³/mol. The van der Waals surface area contributed by atoms with Crippen molar-refractivity contribution in [1.82, 2.24) is 0 Å². The molecule has 21 heavy (non-hydrogen) atoms. The predicted octanol–water partition coefficient (Wildman–Crippen LogP) is 1.19. The minimum absolute atomic E-state index is 0.00875. The topological polar surface area (TPSA) is 142 Å². The molecule has 0 unspecified atom stereocenters. The van der Waals surface area contributed by atoms with Gasteiger partial charge in [0.1, 0.15) is 10.7 Å². The van der Waals surface area contributed by atoms with Crippen LogP contribution in [0.5, 0.6) is 0 Å². The van der Waals surface area contributed by atoms with E-state index in [0.29, 0.717) is 0 Å². The summed E-state index contributed by atoms with van der Waals surface area (Å²) in [7, 11) is 0. The van der Waals surface area contributed by atoms with E-state index in [1.165, 1.54) is 6.07 Å². The molecule has 0 fully saturated rings. The molecule has 1 aromatic carbocycles. The number of hydrogen-bond donors (Lipinski definition) is 2. The van der Waals surface area contributed by atoms with E-state index in [2.05, 4.69) is 0 Å². The first kappa shape index (κ1) is 14.2. The van der Waals surface area contributed by atoms with Crippen LogP contribution in [-0.2, 0) is 0 Å². The molecule has 2 amide bonds. The van der Waals surface area contributed by atoms with Crippen LogP contribution in [0.2, 0.25) is 0 Å². The summed E-state index contributed by atoms with van der Waals surface area (Å²) in [5.41, 5.74) is 9.86. The zero-order valence-electron chi connectivity index (χ0n) is 10.3. The van der Waals surface area contributed by atoms with Crippen LogP contribution < -0.4 is 11.5 Å². The Hall–Kier alpha value is -3.23. The number of primary amides is 2. The van der Waals surface area contributed by atoms with E-state index in [1.807, 2.05) is 0 Å². The van der Waals surface area contributed by atoms with Crippen molar-refractivity contribution in [2.75, 3.05) is 0 Å². The van der Waals surface area contributed by atoms with Crippen molar-refractivity contribution in [2.24, 2.45) is 11.5 Å². The summed E-state index contributed by atoms with van der Waals surface area (Å²) in [5, 5.41) is 10.7. The molecule has 0 aliphatic carbocycles. The Morgan fingerprint density at radius 3 is 2.33 bits per heavy atom. The number of nitrogens with zero attached hydrogens (tertiary/aromatic N) is 1. The van der Waals surface area contributed by atoms with Crippen LogP contribution in [0.3, 0.4) is 0 Å². The van der Waals surface area contributed by atoms with Gasteiger partial charge in [0.15, 0.2) is 0 Å². The molecule has 0 bridgehead atoms. The number of furan rings is 1. The largest absolute Gasteiger partial charge is 0.434 e. The van der Waals surface area contributed by atoms with Gasteiger partial charge in [0.2, 0.25) is 11.7 Å². The third-order valence-corrected chi connectivity index (χ3v) is 2.62. The minimum atomic E-state index is -1.07. The van der Waals surface area contributed by atoms with E-state index in [-0.39, 0.29) is 16.7 Å². The van der Waals surface area contributed by atoms with Gasteiger partial charge in [0, 0.05) is 11.1 Å². The first-order valence-electron chi connectivity index (χ1n) is 5.48. The van der Waals surface area contributed by atoms with Gasteiger partial charge in [-0.3, -0.25) is 19.7 Å². The molecule has 1 aromatic heterocycles. The molecule has 0 aliphatic rings. The Bertz CT molecular complexity index is 768. The third kappa shape index (κ3) is 2.71. The highest BCUT2D eigenvalue weighted by Crippen LogP contribution is 2.31. The van der Waals surface area contributed by atoms with Crippen LogP contribution in [0.15, 0.2) is 28.7 Å². The smallest absolute Gasteiger partial charge is 0.395 e. The summed E-state index contributed by atoms with van der Waals surface area (Å²) in [5.74, 6) is -4.01. The van der Waals surface area contributed by atoms with E-state index in [1.54, 1.807) is 0 Å². The van der Waals surface area contributed by atoms with Crippen molar-refractivity contribution in [3.05, 3.63) is 51.5 Å². The van der Waals surface area contributed by atoms with Crippen molar-refractivity contribution in [3.8, 4) is 11.1 Å². The van der Waals surface area contributed by atoms with Gasteiger partial charge in [-0.1, -0.05) is 0 Å². The van der Waals surface area contributed by atoms with Gasteiger partial charge < -0.3 is 15.9 Å². The second-order valence-electron chi connectivity index (χ2n) is 4.04. The first-order valence-corrected chi connectivity index (χ1v) is 5.48. The van der Waals surface area contributed by atoms with Gasteiger partial charge >= 0.3 is 5.88 Å². The molecule has 4 N–H and O–H groups in total. The Balaban J connectivity index is 2.68. The van der Waals surface area contributed by atoms with Crippen molar-refractivity contribution >= 4 is 17.7 Å². The average molecular weight is 293 g/mol. The highest BCUT2D eigenvalue weighted by Gasteiger charge is 2.24. The highest BCUT2D eigenvalue weighted by molar-refractivity contribution is 5.99. The van der Waals surface area contributed by atoms with Gasteiger partial charge in [0.05, 0.1) is 6.07 Å². The van der Waals surface area contributed by atoms with Crippen LogP contribution in [-0.4, -0.2) is 16.7 Å². The molecule has 0 saturated carbocycles. The Morgan fingerprint density at radius 1 is 1.14 bits per heavy atom. The normalized spacial score (nSPS) is 10.3. The lowest BCUT2D eigenvalue weighted by Gasteiger charge is -2.02. The molecule has 0 radical (unpaired) electrons. The van der Waals surface area contributed by atoms with Gasteiger partial charge in [-0.15, -0.1) is 0 Å². The Kier molecular flexibility index (Phi) is 3.40. The van der Waals surface area contributed by atoms with Crippen LogP contribution in [0, 0.1) is 15.9 Å². The lowest BCUT2D eigenvalue weighted by molar-refractivity contribution is -0.402. The van der Waals surface area contributed by atoms with Crippen LogP contribution in [0.1, 0.15) is 20.9 Å². The zero-order valence-corrected chi connectivity index (χ0v) is 10.3. The van der Waals surface area contributed by atoms with Crippen molar-refractivity contribution < 1.29 is 23.3 Å². The quantitative estimate of drug-likeness (QED) is 0.643. The number of carbonyl (C=O) groups is 2. The second kappa shape index (κ2) is 5.04. The molecule has 0 saturated heterocycles. The molecular weight excluding hydrogens is 285 g/mol. The Labute approximate surface area is 116 Å². The minimum Gasteiger partial charge on any atom is -0.395 e. The fourth-order valence-electron chi connectivity index (χ4n) is 1.75. The lowest BCUT2D eigenvalue weighted by Crippen LogP contribution is -2.12. The molecule has 2 aromatic rings. The fourth-order valence-corrected chi connectivity index (χ4v) is 1.75. The fraction of sp³-hybridized carbons (Fsp3) is 0. The number of hydrogen-bond acceptors (Lipinski definition) is 5. The van der Waals surface area contributed by atoms with Crippen molar-refractivity contribution in [2.45, 2.75) is 0 Å². The highest BCUT2D eigenvalue weighted by atomic mass is 19.1. The number of nitrogens with two attached hydrogens (primary N) is 2. The number of halogens is 1. The van der Waals surface area contributed by atoms with Gasteiger partial charge in [-0.25, -0.2) is 4.39 Å². The molecule has 2 rings (SSSR count).